The number of nitrogens with one attached hydrogen (secondary N) is 1. The Morgan fingerprint density at radius 1 is 1.56 bits per heavy atom. The smallest absolute Gasteiger partial charge is 0.408 e. The normalized spacial score (nSPS) is 29.1. The summed E-state index contributed by atoms with van der Waals surface area (Å²) in [7, 11) is 0. The summed E-state index contributed by atoms with van der Waals surface area (Å²) in [4.78, 5) is 11.6. The van der Waals surface area contributed by atoms with Crippen LogP contribution in [-0.2, 0) is 4.74 Å². The summed E-state index contributed by atoms with van der Waals surface area (Å²) in [6.07, 6.45) is 0.394. The summed E-state index contributed by atoms with van der Waals surface area (Å²) in [6, 6.07) is 0. The Hall–Kier alpha value is -0.770. The fraction of sp³-hybridized carbons (Fsp3) is 0.917. The summed E-state index contributed by atoms with van der Waals surface area (Å²) >= 11 is 0. The molecular formula is C12H23NO3. The molecular weight excluding hydrogens is 206 g/mol. The third-order valence-electron chi connectivity index (χ3n) is 2.97. The van der Waals surface area contributed by atoms with Crippen LogP contribution in [0.1, 0.15) is 41.0 Å². The van der Waals surface area contributed by atoms with Crippen molar-refractivity contribution >= 4 is 6.09 Å². The van der Waals surface area contributed by atoms with Crippen molar-refractivity contribution in [1.82, 2.24) is 5.32 Å². The SMILES string of the molecule is CC(C)C1CC1(CO)NC(=O)OC(C)(C)C. The van der Waals surface area contributed by atoms with E-state index in [4.69, 9.17) is 4.74 Å². The summed E-state index contributed by atoms with van der Waals surface area (Å²) in [5.41, 5.74) is -0.945. The van der Waals surface area contributed by atoms with Crippen LogP contribution in [0.25, 0.3) is 0 Å². The molecule has 16 heavy (non-hydrogen) atoms. The lowest BCUT2D eigenvalue weighted by molar-refractivity contribution is 0.0458. The predicted octanol–water partition coefficient (Wildman–Crippen LogP) is 1.92. The number of amides is 1. The van der Waals surface area contributed by atoms with Gasteiger partial charge in [-0.2, -0.15) is 0 Å². The third-order valence-corrected chi connectivity index (χ3v) is 2.97. The van der Waals surface area contributed by atoms with Crippen molar-refractivity contribution < 1.29 is 14.6 Å². The number of alkyl carbamates (subject to hydrolysis) is 1. The number of carbonyl (C=O) groups is 1. The zero-order chi connectivity index (χ0) is 12.6. The van der Waals surface area contributed by atoms with Crippen molar-refractivity contribution in [2.45, 2.75) is 52.2 Å². The number of aliphatic hydroxyl groups excluding tert-OH is 1. The van der Waals surface area contributed by atoms with Crippen LogP contribution in [0.15, 0.2) is 0 Å². The van der Waals surface area contributed by atoms with Crippen LogP contribution >= 0.6 is 0 Å². The van der Waals surface area contributed by atoms with Gasteiger partial charge in [0.15, 0.2) is 0 Å². The molecule has 0 aromatic heterocycles. The Bertz CT molecular complexity index is 270. The number of hydrogen-bond acceptors (Lipinski definition) is 3. The number of carbonyl (C=O) groups excluding carboxylic acids is 1. The molecule has 1 amide bonds. The maximum atomic E-state index is 11.6. The summed E-state index contributed by atoms with van der Waals surface area (Å²) < 4.78 is 5.18. The molecule has 0 radical (unpaired) electrons. The Labute approximate surface area is 97.4 Å². The maximum absolute atomic E-state index is 11.6. The van der Waals surface area contributed by atoms with Crippen LogP contribution in [0.3, 0.4) is 0 Å². The standard InChI is InChI=1S/C12H23NO3/c1-8(2)9-6-12(9,7-14)13-10(15)16-11(3,4)5/h8-9,14H,6-7H2,1-5H3,(H,13,15). The van der Waals surface area contributed by atoms with E-state index in [1.807, 2.05) is 20.8 Å². The lowest BCUT2D eigenvalue weighted by atomic mass is 10.0. The molecule has 1 fully saturated rings. The van der Waals surface area contributed by atoms with Crippen molar-refractivity contribution in [3.63, 3.8) is 0 Å². The minimum Gasteiger partial charge on any atom is -0.444 e. The Balaban J connectivity index is 2.51. The molecule has 0 aromatic carbocycles. The van der Waals surface area contributed by atoms with Gasteiger partial charge in [0.25, 0.3) is 0 Å². The van der Waals surface area contributed by atoms with Gasteiger partial charge in [0.2, 0.25) is 0 Å². The Kier molecular flexibility index (Phi) is 3.53. The van der Waals surface area contributed by atoms with Crippen LogP contribution < -0.4 is 5.32 Å². The molecule has 2 N–H and O–H groups in total. The first kappa shape index (κ1) is 13.3. The highest BCUT2D eigenvalue weighted by Gasteiger charge is 2.56. The van der Waals surface area contributed by atoms with Gasteiger partial charge < -0.3 is 15.2 Å². The second-order valence-corrected chi connectivity index (χ2v) is 6.00. The molecule has 1 saturated carbocycles. The van der Waals surface area contributed by atoms with Gasteiger partial charge in [0.05, 0.1) is 12.1 Å². The number of ether oxygens (including phenoxy) is 1. The monoisotopic (exact) mass is 229 g/mol. The highest BCUT2D eigenvalue weighted by molar-refractivity contribution is 5.69. The fourth-order valence-corrected chi connectivity index (χ4v) is 2.08. The zero-order valence-corrected chi connectivity index (χ0v) is 10.8. The minimum absolute atomic E-state index is 0.0188. The summed E-state index contributed by atoms with van der Waals surface area (Å²) in [6.45, 7) is 9.65. The Morgan fingerprint density at radius 3 is 2.44 bits per heavy atom. The molecule has 1 aliphatic carbocycles. The number of aliphatic hydroxyl groups is 1. The summed E-state index contributed by atoms with van der Waals surface area (Å²) in [5, 5.41) is 12.1. The Morgan fingerprint density at radius 2 is 2.12 bits per heavy atom. The van der Waals surface area contributed by atoms with E-state index in [1.54, 1.807) is 0 Å². The van der Waals surface area contributed by atoms with E-state index in [0.29, 0.717) is 11.8 Å². The van der Waals surface area contributed by atoms with Gasteiger partial charge in [-0.15, -0.1) is 0 Å². The quantitative estimate of drug-likeness (QED) is 0.777. The van der Waals surface area contributed by atoms with Gasteiger partial charge in [-0.05, 0) is 39.0 Å². The second kappa shape index (κ2) is 4.24. The van der Waals surface area contributed by atoms with E-state index in [1.165, 1.54) is 0 Å². The molecule has 4 nitrogen and oxygen atoms in total. The largest absolute Gasteiger partial charge is 0.444 e. The van der Waals surface area contributed by atoms with Crippen LogP contribution in [0.2, 0.25) is 0 Å². The van der Waals surface area contributed by atoms with Crippen molar-refractivity contribution in [3.05, 3.63) is 0 Å². The first-order chi connectivity index (χ1) is 7.20. The van der Waals surface area contributed by atoms with Gasteiger partial charge in [0.1, 0.15) is 5.60 Å². The van der Waals surface area contributed by atoms with Gasteiger partial charge in [-0.25, -0.2) is 4.79 Å². The molecule has 2 unspecified atom stereocenters. The lowest BCUT2D eigenvalue weighted by Crippen LogP contribution is -2.44. The average Bonchev–Trinajstić information content (AvgIpc) is 2.76. The molecule has 0 heterocycles. The molecule has 0 bridgehead atoms. The van der Waals surface area contributed by atoms with Crippen molar-refractivity contribution in [3.8, 4) is 0 Å². The molecule has 4 heteroatoms. The van der Waals surface area contributed by atoms with Crippen molar-refractivity contribution in [1.29, 1.82) is 0 Å². The zero-order valence-electron chi connectivity index (χ0n) is 10.8. The maximum Gasteiger partial charge on any atom is 0.408 e. The average molecular weight is 229 g/mol. The molecule has 0 spiro atoms. The predicted molar refractivity (Wildman–Crippen MR) is 62.1 cm³/mol. The highest BCUT2D eigenvalue weighted by Crippen LogP contribution is 2.48. The van der Waals surface area contributed by atoms with Gasteiger partial charge in [-0.1, -0.05) is 13.8 Å². The molecule has 0 saturated heterocycles. The highest BCUT2D eigenvalue weighted by atomic mass is 16.6. The van der Waals surface area contributed by atoms with Gasteiger partial charge in [-0.3, -0.25) is 0 Å². The van der Waals surface area contributed by atoms with E-state index in [0.717, 1.165) is 6.42 Å². The van der Waals surface area contributed by atoms with E-state index in [2.05, 4.69) is 19.2 Å². The fourth-order valence-electron chi connectivity index (χ4n) is 2.08. The van der Waals surface area contributed by atoms with Crippen LogP contribution in [0.5, 0.6) is 0 Å². The molecule has 1 rings (SSSR count). The molecule has 94 valence electrons. The third kappa shape index (κ3) is 3.11. The first-order valence-corrected chi connectivity index (χ1v) is 5.82. The van der Waals surface area contributed by atoms with Gasteiger partial charge in [0, 0.05) is 0 Å². The lowest BCUT2D eigenvalue weighted by Gasteiger charge is -2.23. The van der Waals surface area contributed by atoms with Crippen LogP contribution in [0.4, 0.5) is 4.79 Å². The first-order valence-electron chi connectivity index (χ1n) is 5.82. The van der Waals surface area contributed by atoms with Crippen LogP contribution in [0, 0.1) is 11.8 Å². The van der Waals surface area contributed by atoms with E-state index in [9.17, 15) is 9.90 Å². The van der Waals surface area contributed by atoms with Crippen LogP contribution in [-0.4, -0.2) is 28.9 Å². The molecule has 2 atom stereocenters. The topological polar surface area (TPSA) is 58.6 Å². The van der Waals surface area contributed by atoms with Crippen molar-refractivity contribution in [2.75, 3.05) is 6.61 Å². The minimum atomic E-state index is -0.497. The number of rotatable bonds is 3. The van der Waals surface area contributed by atoms with Crippen molar-refractivity contribution in [2.24, 2.45) is 11.8 Å². The molecule has 1 aliphatic rings. The van der Waals surface area contributed by atoms with E-state index < -0.39 is 17.2 Å². The van der Waals surface area contributed by atoms with Gasteiger partial charge >= 0.3 is 6.09 Å². The second-order valence-electron chi connectivity index (χ2n) is 6.00. The summed E-state index contributed by atoms with van der Waals surface area (Å²) in [5.74, 6) is 0.812. The molecule has 0 aliphatic heterocycles. The molecule has 0 aromatic rings. The van der Waals surface area contributed by atoms with E-state index in [-0.39, 0.29) is 6.61 Å². The number of hydrogen-bond donors (Lipinski definition) is 2. The van der Waals surface area contributed by atoms with E-state index >= 15 is 0 Å².